The highest BCUT2D eigenvalue weighted by Crippen LogP contribution is 2.34. The van der Waals surface area contributed by atoms with Crippen LogP contribution >= 0.6 is 23.1 Å². The van der Waals surface area contributed by atoms with Crippen molar-refractivity contribution in [3.8, 4) is 0 Å². The van der Waals surface area contributed by atoms with Gasteiger partial charge in [0.05, 0.1) is 28.2 Å². The lowest BCUT2D eigenvalue weighted by Crippen LogP contribution is -2.27. The Hall–Kier alpha value is -0.900. The molecule has 3 rings (SSSR count). The van der Waals surface area contributed by atoms with Crippen LogP contribution in [-0.2, 0) is 9.84 Å². The zero-order valence-electron chi connectivity index (χ0n) is 13.9. The average molecular weight is 389 g/mol. The van der Waals surface area contributed by atoms with Crippen molar-refractivity contribution in [3.63, 3.8) is 0 Å². The highest BCUT2D eigenvalue weighted by Gasteiger charge is 2.38. The molecule has 0 aromatic carbocycles. The van der Waals surface area contributed by atoms with Crippen molar-refractivity contribution in [1.29, 1.82) is 0 Å². The molecule has 0 aliphatic carbocycles. The van der Waals surface area contributed by atoms with E-state index in [2.05, 4.69) is 4.98 Å². The molecule has 0 bridgehead atoms. The third kappa shape index (κ3) is 3.02. The Labute approximate surface area is 148 Å². The second kappa shape index (κ2) is 6.12. The highest BCUT2D eigenvalue weighted by atomic mass is 32.2. The van der Waals surface area contributed by atoms with Gasteiger partial charge in [0.2, 0.25) is 0 Å². The number of aliphatic hydroxyl groups excluding tert-OH is 1. The molecule has 0 unspecified atom stereocenters. The SMILES string of the molecule is Cc1sc2nc(S[C@@H]3CS(=O)(=O)C[C@@H]3O)n(C(C)C)c(=O)c2c1C. The van der Waals surface area contributed by atoms with E-state index in [1.807, 2.05) is 27.7 Å². The molecule has 2 aromatic heterocycles. The van der Waals surface area contributed by atoms with Crippen LogP contribution in [0, 0.1) is 13.8 Å². The molecule has 2 aromatic rings. The van der Waals surface area contributed by atoms with Gasteiger partial charge in [0.1, 0.15) is 4.83 Å². The Morgan fingerprint density at radius 3 is 2.54 bits per heavy atom. The van der Waals surface area contributed by atoms with Crippen molar-refractivity contribution in [3.05, 3.63) is 20.8 Å². The minimum Gasteiger partial charge on any atom is -0.391 e. The summed E-state index contributed by atoms with van der Waals surface area (Å²) >= 11 is 2.66. The van der Waals surface area contributed by atoms with E-state index < -0.39 is 21.2 Å². The van der Waals surface area contributed by atoms with E-state index in [1.165, 1.54) is 23.1 Å². The van der Waals surface area contributed by atoms with Gasteiger partial charge in [-0.3, -0.25) is 9.36 Å². The Balaban J connectivity index is 2.14. The monoisotopic (exact) mass is 388 g/mol. The number of sulfone groups is 1. The van der Waals surface area contributed by atoms with Crippen molar-refractivity contribution >= 4 is 43.2 Å². The normalized spacial score (nSPS) is 23.4. The van der Waals surface area contributed by atoms with Gasteiger partial charge in [-0.25, -0.2) is 13.4 Å². The van der Waals surface area contributed by atoms with Crippen LogP contribution in [-0.4, -0.2) is 45.9 Å². The van der Waals surface area contributed by atoms with Crippen LogP contribution in [0.3, 0.4) is 0 Å². The molecule has 0 spiro atoms. The van der Waals surface area contributed by atoms with E-state index in [0.717, 1.165) is 10.4 Å². The molecule has 1 aliphatic heterocycles. The maximum atomic E-state index is 12.9. The topological polar surface area (TPSA) is 89.3 Å². The summed E-state index contributed by atoms with van der Waals surface area (Å²) in [7, 11) is -3.24. The lowest BCUT2D eigenvalue weighted by Gasteiger charge is -2.18. The van der Waals surface area contributed by atoms with Crippen molar-refractivity contribution in [2.75, 3.05) is 11.5 Å². The molecule has 6 nitrogen and oxygen atoms in total. The first-order valence-electron chi connectivity index (χ1n) is 7.68. The molecular formula is C15H20N2O4S3. The van der Waals surface area contributed by atoms with Gasteiger partial charge >= 0.3 is 0 Å². The number of hydrogen-bond donors (Lipinski definition) is 1. The predicted octanol–water partition coefficient (Wildman–Crippen LogP) is 1.91. The van der Waals surface area contributed by atoms with Crippen molar-refractivity contribution in [1.82, 2.24) is 9.55 Å². The zero-order chi connectivity index (χ0) is 17.8. The smallest absolute Gasteiger partial charge is 0.263 e. The van der Waals surface area contributed by atoms with Crippen LogP contribution in [0.5, 0.6) is 0 Å². The maximum absolute atomic E-state index is 12.9. The molecule has 0 radical (unpaired) electrons. The summed E-state index contributed by atoms with van der Waals surface area (Å²) in [6.07, 6.45) is -0.931. The molecule has 1 fully saturated rings. The van der Waals surface area contributed by atoms with Gasteiger partial charge in [0.15, 0.2) is 15.0 Å². The fourth-order valence-corrected chi connectivity index (χ4v) is 7.65. The number of rotatable bonds is 3. The average Bonchev–Trinajstić information content (AvgIpc) is 2.85. The molecule has 132 valence electrons. The van der Waals surface area contributed by atoms with Crippen LogP contribution in [0.2, 0.25) is 0 Å². The van der Waals surface area contributed by atoms with Crippen LogP contribution in [0.15, 0.2) is 9.95 Å². The summed E-state index contributed by atoms with van der Waals surface area (Å²) in [5.41, 5.74) is 0.844. The minimum atomic E-state index is -3.24. The number of thioether (sulfide) groups is 1. The van der Waals surface area contributed by atoms with Gasteiger partial charge in [0, 0.05) is 10.9 Å². The van der Waals surface area contributed by atoms with Gasteiger partial charge in [-0.05, 0) is 33.3 Å². The van der Waals surface area contributed by atoms with Crippen LogP contribution < -0.4 is 5.56 Å². The molecule has 9 heteroatoms. The van der Waals surface area contributed by atoms with Crippen LogP contribution in [0.25, 0.3) is 10.2 Å². The number of aliphatic hydroxyl groups is 1. The maximum Gasteiger partial charge on any atom is 0.263 e. The van der Waals surface area contributed by atoms with Crippen molar-refractivity contribution in [2.24, 2.45) is 0 Å². The fraction of sp³-hybridized carbons (Fsp3) is 0.600. The van der Waals surface area contributed by atoms with E-state index in [1.54, 1.807) is 4.57 Å². The number of fused-ring (bicyclic) bond motifs is 1. The van der Waals surface area contributed by atoms with E-state index in [-0.39, 0.29) is 23.1 Å². The van der Waals surface area contributed by atoms with Gasteiger partial charge in [-0.2, -0.15) is 0 Å². The quantitative estimate of drug-likeness (QED) is 0.808. The van der Waals surface area contributed by atoms with Crippen molar-refractivity contribution < 1.29 is 13.5 Å². The molecule has 0 amide bonds. The first-order valence-corrected chi connectivity index (χ1v) is 11.2. The summed E-state index contributed by atoms with van der Waals surface area (Å²) in [5.74, 6) is -0.316. The molecule has 1 N–H and O–H groups in total. The molecule has 1 aliphatic rings. The molecule has 24 heavy (non-hydrogen) atoms. The lowest BCUT2D eigenvalue weighted by atomic mass is 10.2. The third-order valence-corrected chi connectivity index (χ3v) is 8.56. The lowest BCUT2D eigenvalue weighted by molar-refractivity contribution is 0.207. The molecule has 0 saturated carbocycles. The number of thiophene rings is 1. The summed E-state index contributed by atoms with van der Waals surface area (Å²) in [6.45, 7) is 7.67. The zero-order valence-corrected chi connectivity index (χ0v) is 16.4. The number of aromatic nitrogens is 2. The van der Waals surface area contributed by atoms with Gasteiger partial charge in [-0.1, -0.05) is 11.8 Å². The number of nitrogens with zero attached hydrogens (tertiary/aromatic N) is 2. The fourth-order valence-electron chi connectivity index (χ4n) is 2.87. The first kappa shape index (κ1) is 17.9. The van der Waals surface area contributed by atoms with Gasteiger partial charge in [0.25, 0.3) is 5.56 Å². The van der Waals surface area contributed by atoms with E-state index >= 15 is 0 Å². The molecule has 1 saturated heterocycles. The van der Waals surface area contributed by atoms with E-state index in [0.29, 0.717) is 15.4 Å². The minimum absolute atomic E-state index is 0.0899. The predicted molar refractivity (Wildman–Crippen MR) is 98.0 cm³/mol. The van der Waals surface area contributed by atoms with Crippen molar-refractivity contribution in [2.45, 2.75) is 50.2 Å². The molecule has 2 atom stereocenters. The highest BCUT2D eigenvalue weighted by molar-refractivity contribution is 8.01. The van der Waals surface area contributed by atoms with Crippen LogP contribution in [0.4, 0.5) is 0 Å². The second-order valence-corrected chi connectivity index (χ2v) is 11.0. The van der Waals surface area contributed by atoms with Crippen LogP contribution in [0.1, 0.15) is 30.3 Å². The summed E-state index contributed by atoms with van der Waals surface area (Å²) in [6, 6.07) is -0.105. The number of hydrogen-bond acceptors (Lipinski definition) is 7. The standard InChI is InChI=1S/C15H20N2O4S3/c1-7(2)17-14(19)12-8(3)9(4)22-13(12)16-15(17)23-11-6-24(20,21)5-10(11)18/h7,10-11,18H,5-6H2,1-4H3/t10-,11+/m0/s1. The Bertz CT molecular complexity index is 959. The second-order valence-electron chi connectivity index (χ2n) is 6.43. The summed E-state index contributed by atoms with van der Waals surface area (Å²) < 4.78 is 25.1. The Morgan fingerprint density at radius 1 is 1.33 bits per heavy atom. The summed E-state index contributed by atoms with van der Waals surface area (Å²) in [4.78, 5) is 19.3. The van der Waals surface area contributed by atoms with Gasteiger partial charge in [-0.15, -0.1) is 11.3 Å². The largest absolute Gasteiger partial charge is 0.391 e. The summed E-state index contributed by atoms with van der Waals surface area (Å²) in [5, 5.41) is 10.7. The number of aryl methyl sites for hydroxylation is 2. The molecule has 3 heterocycles. The Kier molecular flexibility index (Phi) is 4.57. The third-order valence-electron chi connectivity index (χ3n) is 4.25. The molecular weight excluding hydrogens is 368 g/mol. The Morgan fingerprint density at radius 2 is 2.00 bits per heavy atom. The first-order chi connectivity index (χ1) is 11.1. The van der Waals surface area contributed by atoms with E-state index in [4.69, 9.17) is 0 Å². The van der Waals surface area contributed by atoms with Gasteiger partial charge < -0.3 is 5.11 Å². The van der Waals surface area contributed by atoms with E-state index in [9.17, 15) is 18.3 Å².